The van der Waals surface area contributed by atoms with Crippen LogP contribution in [-0.2, 0) is 5.41 Å². The predicted molar refractivity (Wildman–Crippen MR) is 187 cm³/mol. The summed E-state index contributed by atoms with van der Waals surface area (Å²) in [6.07, 6.45) is 0. The van der Waals surface area contributed by atoms with Gasteiger partial charge in [-0.3, -0.25) is 0 Å². The third kappa shape index (κ3) is 4.41. The summed E-state index contributed by atoms with van der Waals surface area (Å²) in [5, 5.41) is 2.26. The van der Waals surface area contributed by atoms with Gasteiger partial charge in [-0.15, -0.1) is 0 Å². The normalized spacial score (nSPS) is 14.5. The molecule has 0 unspecified atom stereocenters. The second-order valence-corrected chi connectivity index (χ2v) is 11.9. The van der Waals surface area contributed by atoms with Crippen LogP contribution < -0.4 is 4.90 Å². The predicted octanol–water partition coefficient (Wildman–Crippen LogP) is 11.9. The summed E-state index contributed by atoms with van der Waals surface area (Å²) < 4.78 is 41.0. The van der Waals surface area contributed by atoms with E-state index in [1.807, 2.05) is 42.5 Å². The Morgan fingerprint density at radius 2 is 1.05 bits per heavy atom. The first-order valence-electron chi connectivity index (χ1n) is 17.4. The number of hydrogen-bond acceptors (Lipinski definition) is 1. The van der Waals surface area contributed by atoms with Crippen LogP contribution in [0.1, 0.15) is 31.8 Å². The van der Waals surface area contributed by atoms with E-state index < -0.39 is 6.04 Å². The van der Waals surface area contributed by atoms with Crippen LogP contribution in [-0.4, -0.2) is 0 Å². The van der Waals surface area contributed by atoms with Crippen molar-refractivity contribution in [3.05, 3.63) is 175 Å². The molecule has 7 aromatic carbocycles. The Hall–Kier alpha value is -5.40. The number of benzene rings is 7. The lowest BCUT2D eigenvalue weighted by Crippen LogP contribution is -2.14. The van der Waals surface area contributed by atoms with Gasteiger partial charge in [0.25, 0.3) is 0 Å². The average molecular weight is 569 g/mol. The van der Waals surface area contributed by atoms with E-state index in [4.69, 9.17) is 6.85 Å². The highest BCUT2D eigenvalue weighted by Gasteiger charge is 2.35. The van der Waals surface area contributed by atoms with Crippen molar-refractivity contribution in [2.24, 2.45) is 0 Å². The van der Waals surface area contributed by atoms with Crippen LogP contribution in [0.15, 0.2) is 164 Å². The minimum Gasteiger partial charge on any atom is -0.310 e. The zero-order valence-electron chi connectivity index (χ0n) is 29.6. The Balaban J connectivity index is 1.16. The summed E-state index contributed by atoms with van der Waals surface area (Å²) in [5.41, 5.74) is 11.3. The van der Waals surface area contributed by atoms with Gasteiger partial charge in [0.15, 0.2) is 0 Å². The molecule has 0 saturated carbocycles. The van der Waals surface area contributed by atoms with E-state index in [0.29, 0.717) is 5.56 Å². The maximum atomic E-state index is 8.42. The molecule has 0 radical (unpaired) electrons. The van der Waals surface area contributed by atoms with Gasteiger partial charge in [-0.25, -0.2) is 0 Å². The summed E-state index contributed by atoms with van der Waals surface area (Å²) in [6, 6.07) is 44.9. The average Bonchev–Trinajstić information content (AvgIpc) is 3.36. The molecular weight excluding hydrogens is 530 g/mol. The monoisotopic (exact) mass is 568 g/mol. The van der Waals surface area contributed by atoms with Crippen LogP contribution in [0.3, 0.4) is 0 Å². The van der Waals surface area contributed by atoms with Gasteiger partial charge in [0.2, 0.25) is 0 Å². The van der Waals surface area contributed by atoms with E-state index in [-0.39, 0.29) is 35.1 Å². The van der Waals surface area contributed by atoms with Crippen molar-refractivity contribution in [1.82, 2.24) is 0 Å². The van der Waals surface area contributed by atoms with Crippen molar-refractivity contribution in [3.8, 4) is 33.4 Å². The summed E-state index contributed by atoms with van der Waals surface area (Å²) in [6.45, 7) is 4.62. The SMILES string of the molecule is [2H]c1c([2H])c([2H])c(-c2ccc(N(c3ccccc3)c3ccc4cc(-c5ccc6c(c5)C(C)(C)c5ccccc5-6)ccc4c3)cc2)c([2H])c1[2H]. The second-order valence-electron chi connectivity index (χ2n) is 11.9. The Morgan fingerprint density at radius 3 is 1.86 bits per heavy atom. The number of hydrogen-bond donors (Lipinski definition) is 0. The van der Waals surface area contributed by atoms with Crippen molar-refractivity contribution in [1.29, 1.82) is 0 Å². The van der Waals surface area contributed by atoms with E-state index in [0.717, 1.165) is 27.8 Å². The lowest BCUT2D eigenvalue weighted by atomic mass is 9.81. The third-order valence-corrected chi connectivity index (χ3v) is 8.93. The van der Waals surface area contributed by atoms with E-state index in [1.165, 1.54) is 33.4 Å². The molecule has 1 aliphatic rings. The van der Waals surface area contributed by atoms with Crippen LogP contribution >= 0.6 is 0 Å². The molecule has 0 fully saturated rings. The summed E-state index contributed by atoms with van der Waals surface area (Å²) in [7, 11) is 0. The van der Waals surface area contributed by atoms with Crippen molar-refractivity contribution >= 4 is 27.8 Å². The third-order valence-electron chi connectivity index (χ3n) is 8.93. The van der Waals surface area contributed by atoms with Gasteiger partial charge in [-0.2, -0.15) is 0 Å². The zero-order valence-corrected chi connectivity index (χ0v) is 24.6. The fourth-order valence-corrected chi connectivity index (χ4v) is 6.63. The largest absolute Gasteiger partial charge is 0.310 e. The summed E-state index contributed by atoms with van der Waals surface area (Å²) in [5.74, 6) is 0. The van der Waals surface area contributed by atoms with E-state index in [9.17, 15) is 0 Å². The molecule has 0 atom stereocenters. The Bertz CT molecular complexity index is 2390. The lowest BCUT2D eigenvalue weighted by molar-refractivity contribution is 0.660. The number of nitrogens with zero attached hydrogens (tertiary/aromatic N) is 1. The molecule has 8 rings (SSSR count). The van der Waals surface area contributed by atoms with Gasteiger partial charge >= 0.3 is 0 Å². The van der Waals surface area contributed by atoms with E-state index in [2.05, 4.69) is 110 Å². The molecule has 210 valence electrons. The molecule has 0 heterocycles. The highest BCUT2D eigenvalue weighted by molar-refractivity contribution is 5.93. The van der Waals surface area contributed by atoms with Crippen molar-refractivity contribution in [2.75, 3.05) is 4.90 Å². The van der Waals surface area contributed by atoms with Gasteiger partial charge < -0.3 is 4.90 Å². The molecule has 0 aromatic heterocycles. The number of anilines is 3. The minimum atomic E-state index is -0.392. The molecule has 44 heavy (non-hydrogen) atoms. The molecule has 1 nitrogen and oxygen atoms in total. The first kappa shape index (κ1) is 21.3. The van der Waals surface area contributed by atoms with E-state index in [1.54, 1.807) is 0 Å². The molecule has 0 spiro atoms. The fraction of sp³-hybridized carbons (Fsp3) is 0.0698. The maximum Gasteiger partial charge on any atom is 0.0629 e. The summed E-state index contributed by atoms with van der Waals surface area (Å²) >= 11 is 0. The standard InChI is InChI=1S/C43H33N/c1-43(2)41-16-10-9-15-39(41)40-26-22-35(29-42(40)43)32-17-18-34-28-38(25-21-33(34)27-32)44(36-13-7-4-8-14-36)37-23-19-31(20-24-37)30-11-5-3-6-12-30/h3-29H,1-2H3/i3D,5D,6D,11D,12D. The highest BCUT2D eigenvalue weighted by atomic mass is 15.1. The molecule has 0 aliphatic heterocycles. The van der Waals surface area contributed by atoms with Crippen LogP contribution in [0.25, 0.3) is 44.2 Å². The fourth-order valence-electron chi connectivity index (χ4n) is 6.63. The zero-order chi connectivity index (χ0) is 34.0. The first-order chi connectivity index (χ1) is 23.6. The first-order valence-corrected chi connectivity index (χ1v) is 14.9. The molecule has 0 amide bonds. The van der Waals surface area contributed by atoms with E-state index >= 15 is 0 Å². The van der Waals surface area contributed by atoms with Crippen LogP contribution in [0, 0.1) is 0 Å². The van der Waals surface area contributed by atoms with Gasteiger partial charge in [0, 0.05) is 22.5 Å². The summed E-state index contributed by atoms with van der Waals surface area (Å²) in [4.78, 5) is 2.17. The van der Waals surface area contributed by atoms with Crippen LogP contribution in [0.5, 0.6) is 0 Å². The smallest absolute Gasteiger partial charge is 0.0629 e. The van der Waals surface area contributed by atoms with Crippen molar-refractivity contribution in [3.63, 3.8) is 0 Å². The quantitative estimate of drug-likeness (QED) is 0.200. The van der Waals surface area contributed by atoms with Gasteiger partial charge in [0.05, 0.1) is 6.85 Å². The highest BCUT2D eigenvalue weighted by Crippen LogP contribution is 2.49. The molecular formula is C43H33N. The molecule has 1 heteroatoms. The second kappa shape index (κ2) is 10.4. The molecule has 7 aromatic rings. The molecule has 0 bridgehead atoms. The minimum absolute atomic E-state index is 0.0541. The molecule has 0 N–H and O–H groups in total. The lowest BCUT2D eigenvalue weighted by Gasteiger charge is -2.26. The molecule has 0 saturated heterocycles. The van der Waals surface area contributed by atoms with Crippen molar-refractivity contribution in [2.45, 2.75) is 19.3 Å². The maximum absolute atomic E-state index is 8.42. The topological polar surface area (TPSA) is 3.24 Å². The van der Waals surface area contributed by atoms with Crippen molar-refractivity contribution < 1.29 is 6.85 Å². The van der Waals surface area contributed by atoms with Crippen LogP contribution in [0.2, 0.25) is 0 Å². The Labute approximate surface area is 266 Å². The molecule has 1 aliphatic carbocycles. The number of para-hydroxylation sites is 1. The van der Waals surface area contributed by atoms with Gasteiger partial charge in [-0.05, 0) is 104 Å². The number of fused-ring (bicyclic) bond motifs is 4. The Kier molecular flexibility index (Phi) is 5.04. The Morgan fingerprint density at radius 1 is 0.455 bits per heavy atom. The van der Waals surface area contributed by atoms with Gasteiger partial charge in [-0.1, -0.05) is 129 Å². The van der Waals surface area contributed by atoms with Crippen LogP contribution in [0.4, 0.5) is 17.1 Å². The van der Waals surface area contributed by atoms with Gasteiger partial charge in [0.1, 0.15) is 0 Å². The number of rotatable bonds is 5.